The summed E-state index contributed by atoms with van der Waals surface area (Å²) in [6, 6.07) is 0. The average Bonchev–Trinajstić information content (AvgIpc) is 1.98. The Hall–Kier alpha value is -0.990. The van der Waals surface area contributed by atoms with Crippen LogP contribution in [-0.4, -0.2) is 14.9 Å². The minimum Gasteiger partial charge on any atom is -0.504 e. The topological polar surface area (TPSA) is 38.0 Å². The maximum Gasteiger partial charge on any atom is 0.159 e. The smallest absolute Gasteiger partial charge is 0.159 e. The zero-order valence-electron chi connectivity index (χ0n) is 5.84. The van der Waals surface area contributed by atoms with Crippen LogP contribution in [0.4, 0.5) is 0 Å². The van der Waals surface area contributed by atoms with Gasteiger partial charge in [0.2, 0.25) is 0 Å². The zero-order valence-corrected chi connectivity index (χ0v) is 5.84. The van der Waals surface area contributed by atoms with Gasteiger partial charge in [0.05, 0.1) is 5.69 Å². The lowest BCUT2D eigenvalue weighted by Gasteiger charge is -1.89. The lowest BCUT2D eigenvalue weighted by atomic mass is 10.4. The van der Waals surface area contributed by atoms with Gasteiger partial charge in [0, 0.05) is 7.05 Å². The number of aromatic hydroxyl groups is 1. The molecule has 0 saturated carbocycles. The quantitative estimate of drug-likeness (QED) is 0.556. The highest BCUT2D eigenvalue weighted by Crippen LogP contribution is 2.17. The molecule has 3 nitrogen and oxygen atoms in total. The van der Waals surface area contributed by atoms with Gasteiger partial charge in [0.1, 0.15) is 5.69 Å². The van der Waals surface area contributed by atoms with Gasteiger partial charge in [0.25, 0.3) is 0 Å². The third-order valence-electron chi connectivity index (χ3n) is 1.47. The number of rotatable bonds is 0. The van der Waals surface area contributed by atoms with E-state index in [0.29, 0.717) is 11.4 Å². The van der Waals surface area contributed by atoms with E-state index in [9.17, 15) is 0 Å². The fourth-order valence-electron chi connectivity index (χ4n) is 0.762. The van der Waals surface area contributed by atoms with Gasteiger partial charge in [-0.05, 0) is 13.8 Å². The third-order valence-corrected chi connectivity index (χ3v) is 1.47. The number of hydrogen-bond donors (Lipinski definition) is 1. The summed E-state index contributed by atoms with van der Waals surface area (Å²) in [5.41, 5.74) is 1.50. The van der Waals surface area contributed by atoms with Crippen LogP contribution in [0, 0.1) is 13.8 Å². The van der Waals surface area contributed by atoms with E-state index < -0.39 is 0 Å². The van der Waals surface area contributed by atoms with E-state index in [-0.39, 0.29) is 0 Å². The van der Waals surface area contributed by atoms with Crippen LogP contribution in [0.15, 0.2) is 0 Å². The second-order valence-electron chi connectivity index (χ2n) is 2.14. The van der Waals surface area contributed by atoms with Crippen LogP contribution in [0.3, 0.4) is 0 Å². The van der Waals surface area contributed by atoms with Crippen molar-refractivity contribution in [3.8, 4) is 5.75 Å². The van der Waals surface area contributed by atoms with E-state index in [4.69, 9.17) is 5.11 Å². The summed E-state index contributed by atoms with van der Waals surface area (Å²) in [6.45, 7) is 3.61. The Kier molecular flexibility index (Phi) is 1.20. The van der Waals surface area contributed by atoms with Crippen LogP contribution in [0.25, 0.3) is 0 Å². The van der Waals surface area contributed by atoms with E-state index in [1.54, 1.807) is 11.6 Å². The molecular formula is C6H10N2O. The monoisotopic (exact) mass is 126 g/mol. The van der Waals surface area contributed by atoms with Crippen LogP contribution in [-0.2, 0) is 7.05 Å². The summed E-state index contributed by atoms with van der Waals surface area (Å²) >= 11 is 0. The van der Waals surface area contributed by atoms with E-state index in [1.165, 1.54) is 0 Å². The second kappa shape index (κ2) is 1.76. The normalized spacial score (nSPS) is 10.1. The van der Waals surface area contributed by atoms with Crippen molar-refractivity contribution in [1.82, 2.24) is 9.78 Å². The molecule has 0 radical (unpaired) electrons. The molecule has 0 aromatic carbocycles. The maximum atomic E-state index is 9.14. The minimum absolute atomic E-state index is 0.303. The molecule has 1 rings (SSSR count). The fourth-order valence-corrected chi connectivity index (χ4v) is 0.762. The van der Waals surface area contributed by atoms with Crippen LogP contribution in [0.2, 0.25) is 0 Å². The molecule has 9 heavy (non-hydrogen) atoms. The van der Waals surface area contributed by atoms with Crippen LogP contribution < -0.4 is 0 Å². The zero-order chi connectivity index (χ0) is 7.02. The van der Waals surface area contributed by atoms with E-state index in [1.807, 2.05) is 14.0 Å². The summed E-state index contributed by atoms with van der Waals surface area (Å²) in [5.74, 6) is 0.303. The Bertz CT molecular complexity index is 205. The van der Waals surface area contributed by atoms with Gasteiger partial charge in [-0.3, -0.25) is 4.68 Å². The van der Waals surface area contributed by atoms with Crippen LogP contribution >= 0.6 is 0 Å². The second-order valence-corrected chi connectivity index (χ2v) is 2.14. The molecule has 0 aliphatic rings. The van der Waals surface area contributed by atoms with Crippen molar-refractivity contribution in [2.75, 3.05) is 0 Å². The SMILES string of the molecule is Cc1nn(C)c(C)c1O. The number of hydrogen-bond acceptors (Lipinski definition) is 2. The Labute approximate surface area is 53.9 Å². The molecule has 3 heteroatoms. The Balaban J connectivity index is 3.29. The van der Waals surface area contributed by atoms with Crippen molar-refractivity contribution in [1.29, 1.82) is 0 Å². The van der Waals surface area contributed by atoms with Gasteiger partial charge in [-0.15, -0.1) is 0 Å². The molecule has 0 amide bonds. The van der Waals surface area contributed by atoms with Gasteiger partial charge in [-0.1, -0.05) is 0 Å². The molecule has 0 atom stereocenters. The molecule has 0 unspecified atom stereocenters. The Morgan fingerprint density at radius 1 is 1.44 bits per heavy atom. The molecule has 0 bridgehead atoms. The highest BCUT2D eigenvalue weighted by Gasteiger charge is 2.04. The van der Waals surface area contributed by atoms with Crippen molar-refractivity contribution < 1.29 is 5.11 Å². The minimum atomic E-state index is 0.303. The van der Waals surface area contributed by atoms with Crippen LogP contribution in [0.5, 0.6) is 5.75 Å². The summed E-state index contributed by atoms with van der Waals surface area (Å²) in [4.78, 5) is 0. The van der Waals surface area contributed by atoms with Crippen molar-refractivity contribution >= 4 is 0 Å². The molecule has 1 aromatic rings. The highest BCUT2D eigenvalue weighted by molar-refractivity contribution is 5.29. The van der Waals surface area contributed by atoms with Gasteiger partial charge < -0.3 is 5.11 Å². The molecule has 1 aromatic heterocycles. The first-order valence-corrected chi connectivity index (χ1v) is 2.82. The van der Waals surface area contributed by atoms with E-state index in [2.05, 4.69) is 5.10 Å². The largest absolute Gasteiger partial charge is 0.504 e. The van der Waals surface area contributed by atoms with E-state index >= 15 is 0 Å². The molecule has 50 valence electrons. The number of aromatic nitrogens is 2. The first-order valence-electron chi connectivity index (χ1n) is 2.82. The van der Waals surface area contributed by atoms with Gasteiger partial charge in [0.15, 0.2) is 5.75 Å². The van der Waals surface area contributed by atoms with Crippen LogP contribution in [0.1, 0.15) is 11.4 Å². The predicted molar refractivity (Wildman–Crippen MR) is 34.3 cm³/mol. The highest BCUT2D eigenvalue weighted by atomic mass is 16.3. The maximum absolute atomic E-state index is 9.14. The first-order chi connectivity index (χ1) is 4.13. The number of aryl methyl sites for hydroxylation is 2. The average molecular weight is 126 g/mol. The lowest BCUT2D eigenvalue weighted by molar-refractivity contribution is 0.466. The van der Waals surface area contributed by atoms with Crippen molar-refractivity contribution in [3.63, 3.8) is 0 Å². The molecule has 1 heterocycles. The summed E-state index contributed by atoms with van der Waals surface area (Å²) in [5, 5.41) is 13.1. The van der Waals surface area contributed by atoms with Gasteiger partial charge in [-0.2, -0.15) is 5.10 Å². The molecule has 0 fully saturated rings. The summed E-state index contributed by atoms with van der Waals surface area (Å²) < 4.78 is 1.66. The molecule has 0 saturated heterocycles. The number of nitrogens with zero attached hydrogens (tertiary/aromatic N) is 2. The van der Waals surface area contributed by atoms with Gasteiger partial charge in [-0.25, -0.2) is 0 Å². The van der Waals surface area contributed by atoms with Crippen molar-refractivity contribution in [2.45, 2.75) is 13.8 Å². The van der Waals surface area contributed by atoms with Gasteiger partial charge >= 0.3 is 0 Å². The molecule has 0 aliphatic heterocycles. The summed E-state index contributed by atoms with van der Waals surface area (Å²) in [6.07, 6.45) is 0. The molecule has 1 N–H and O–H groups in total. The standard InChI is InChI=1S/C6H10N2O/c1-4-6(9)5(2)8(3)7-4/h9H,1-3H3. The first kappa shape index (κ1) is 6.13. The lowest BCUT2D eigenvalue weighted by Crippen LogP contribution is -1.91. The fraction of sp³-hybridized carbons (Fsp3) is 0.500. The van der Waals surface area contributed by atoms with Crippen molar-refractivity contribution in [3.05, 3.63) is 11.4 Å². The van der Waals surface area contributed by atoms with E-state index in [0.717, 1.165) is 5.69 Å². The predicted octanol–water partition coefficient (Wildman–Crippen LogP) is 0.743. The molecule has 0 spiro atoms. The summed E-state index contributed by atoms with van der Waals surface area (Å²) in [7, 11) is 1.81. The Morgan fingerprint density at radius 2 is 2.00 bits per heavy atom. The van der Waals surface area contributed by atoms with Crippen molar-refractivity contribution in [2.24, 2.45) is 7.05 Å². The third kappa shape index (κ3) is 0.781. The Morgan fingerprint density at radius 3 is 2.11 bits per heavy atom. The molecule has 0 aliphatic carbocycles. The molecular weight excluding hydrogens is 116 g/mol.